The van der Waals surface area contributed by atoms with Crippen LogP contribution in [0.25, 0.3) is 0 Å². The Morgan fingerprint density at radius 2 is 2.03 bits per heavy atom. The summed E-state index contributed by atoms with van der Waals surface area (Å²) >= 11 is 0. The Morgan fingerprint density at radius 1 is 1.16 bits per heavy atom. The van der Waals surface area contributed by atoms with Crippen molar-refractivity contribution in [2.24, 2.45) is 5.92 Å². The Labute approximate surface area is 189 Å². The summed E-state index contributed by atoms with van der Waals surface area (Å²) in [6.45, 7) is 3.78. The Bertz CT molecular complexity index is 999. The van der Waals surface area contributed by atoms with Gasteiger partial charge in [-0.05, 0) is 43.2 Å². The van der Waals surface area contributed by atoms with Crippen LogP contribution in [0.2, 0.25) is 0 Å². The van der Waals surface area contributed by atoms with Gasteiger partial charge in [0.15, 0.2) is 0 Å². The molecule has 0 radical (unpaired) electrons. The number of nitrogens with one attached hydrogen (secondary N) is 1. The molecule has 4 heterocycles. The average molecular weight is 436 g/mol. The third-order valence-electron chi connectivity index (χ3n) is 7.42. The predicted molar refractivity (Wildman–Crippen MR) is 122 cm³/mol. The van der Waals surface area contributed by atoms with Crippen LogP contribution in [-0.2, 0) is 24.3 Å². The Hall–Kier alpha value is -2.54. The maximum absolute atomic E-state index is 12.8. The monoisotopic (exact) mass is 435 g/mol. The molecule has 0 aromatic carbocycles. The lowest BCUT2D eigenvalue weighted by atomic mass is 9.87. The summed E-state index contributed by atoms with van der Waals surface area (Å²) in [5.74, 6) is 1.71. The number of fused-ring (bicyclic) bond motifs is 1. The smallest absolute Gasteiger partial charge is 0.254 e. The van der Waals surface area contributed by atoms with Gasteiger partial charge in [-0.25, -0.2) is 4.98 Å². The van der Waals surface area contributed by atoms with E-state index in [1.807, 2.05) is 17.2 Å². The number of hydrogen-bond acceptors (Lipinski definition) is 5. The quantitative estimate of drug-likeness (QED) is 0.781. The molecule has 7 heteroatoms. The highest BCUT2D eigenvalue weighted by molar-refractivity contribution is 5.76. The summed E-state index contributed by atoms with van der Waals surface area (Å²) in [5.41, 5.74) is 2.88. The second-order valence-electron chi connectivity index (χ2n) is 9.73. The molecule has 1 N–H and O–H groups in total. The minimum atomic E-state index is -0.00184. The molecule has 1 saturated carbocycles. The Balaban J connectivity index is 1.24. The highest BCUT2D eigenvalue weighted by atomic mass is 16.2. The highest BCUT2D eigenvalue weighted by Crippen LogP contribution is 2.30. The number of pyridine rings is 1. The number of aromatic amines is 1. The summed E-state index contributed by atoms with van der Waals surface area (Å²) in [6, 6.07) is 4.03. The summed E-state index contributed by atoms with van der Waals surface area (Å²) in [5, 5.41) is 0. The van der Waals surface area contributed by atoms with Crippen molar-refractivity contribution in [3.63, 3.8) is 0 Å². The van der Waals surface area contributed by atoms with Gasteiger partial charge in [-0.15, -0.1) is 0 Å². The van der Waals surface area contributed by atoms with E-state index < -0.39 is 0 Å². The number of hydrogen-bond donors (Lipinski definition) is 1. The van der Waals surface area contributed by atoms with E-state index in [-0.39, 0.29) is 17.4 Å². The fraction of sp³-hybridized carbons (Fsp3) is 0.600. The van der Waals surface area contributed by atoms with Gasteiger partial charge in [-0.2, -0.15) is 0 Å². The van der Waals surface area contributed by atoms with Crippen LogP contribution in [0, 0.1) is 5.92 Å². The molecule has 2 aromatic heterocycles. The van der Waals surface area contributed by atoms with Crippen molar-refractivity contribution >= 4 is 5.91 Å². The molecule has 1 saturated heterocycles. The van der Waals surface area contributed by atoms with Crippen LogP contribution in [0.5, 0.6) is 0 Å². The maximum atomic E-state index is 12.8. The molecule has 1 unspecified atom stereocenters. The molecule has 3 aliphatic rings. The lowest BCUT2D eigenvalue weighted by molar-refractivity contribution is -0.131. The summed E-state index contributed by atoms with van der Waals surface area (Å²) in [4.78, 5) is 42.1. The van der Waals surface area contributed by atoms with Crippen LogP contribution in [0.15, 0.2) is 29.3 Å². The van der Waals surface area contributed by atoms with Crippen LogP contribution in [0.1, 0.15) is 73.5 Å². The third kappa shape index (κ3) is 4.77. The van der Waals surface area contributed by atoms with Crippen molar-refractivity contribution < 1.29 is 4.79 Å². The molecule has 1 aliphatic carbocycles. The van der Waals surface area contributed by atoms with Gasteiger partial charge >= 0.3 is 0 Å². The van der Waals surface area contributed by atoms with Gasteiger partial charge < -0.3 is 9.88 Å². The number of H-pyrrole nitrogens is 1. The van der Waals surface area contributed by atoms with Crippen LogP contribution >= 0.6 is 0 Å². The molecule has 0 bridgehead atoms. The molecule has 2 fully saturated rings. The van der Waals surface area contributed by atoms with E-state index in [0.29, 0.717) is 25.4 Å². The number of aromatic nitrogens is 3. The fourth-order valence-corrected chi connectivity index (χ4v) is 5.57. The Kier molecular flexibility index (Phi) is 6.35. The molecular formula is C25H33N5O2. The van der Waals surface area contributed by atoms with Crippen LogP contribution in [0.4, 0.5) is 0 Å². The van der Waals surface area contributed by atoms with Crippen molar-refractivity contribution in [1.29, 1.82) is 0 Å². The average Bonchev–Trinajstić information content (AvgIpc) is 3.31. The standard InChI is InChI=1S/C25H33N5O2/c31-23(13-18-5-2-1-3-6-18)30-12-8-20(16-30)24-27-22-17-29(11-9-21(22)25(32)28-24)15-19-7-4-10-26-14-19/h4,7,10,14,18,20H,1-3,5-6,8-9,11-13,15-17H2,(H,27,28,32). The number of amides is 1. The number of likely N-dealkylation sites (tertiary alicyclic amines) is 1. The van der Waals surface area contributed by atoms with E-state index >= 15 is 0 Å². The number of nitrogens with zero attached hydrogens (tertiary/aromatic N) is 4. The topological polar surface area (TPSA) is 82.2 Å². The van der Waals surface area contributed by atoms with Gasteiger partial charge in [0.1, 0.15) is 5.82 Å². The molecule has 0 spiro atoms. The molecule has 5 rings (SSSR count). The minimum Gasteiger partial charge on any atom is -0.342 e. The highest BCUT2D eigenvalue weighted by Gasteiger charge is 2.31. The molecule has 2 aliphatic heterocycles. The molecular weight excluding hydrogens is 402 g/mol. The van der Waals surface area contributed by atoms with Crippen molar-refractivity contribution in [2.45, 2.75) is 70.4 Å². The largest absolute Gasteiger partial charge is 0.342 e. The second-order valence-corrected chi connectivity index (χ2v) is 9.73. The van der Waals surface area contributed by atoms with Crippen molar-refractivity contribution in [3.05, 3.63) is 57.5 Å². The number of rotatable bonds is 5. The SMILES string of the molecule is O=C(CC1CCCCC1)N1CCC(c2nc3c(c(=O)[nH]2)CCN(Cc2cccnc2)C3)C1. The first-order valence-corrected chi connectivity index (χ1v) is 12.2. The lowest BCUT2D eigenvalue weighted by Crippen LogP contribution is -2.36. The van der Waals surface area contributed by atoms with Crippen LogP contribution in [-0.4, -0.2) is 50.3 Å². The van der Waals surface area contributed by atoms with E-state index in [1.54, 1.807) is 6.20 Å². The molecule has 1 amide bonds. The zero-order chi connectivity index (χ0) is 21.9. The third-order valence-corrected chi connectivity index (χ3v) is 7.42. The van der Waals surface area contributed by atoms with Gasteiger partial charge in [-0.3, -0.25) is 19.5 Å². The van der Waals surface area contributed by atoms with Crippen molar-refractivity contribution in [1.82, 2.24) is 24.8 Å². The first-order valence-electron chi connectivity index (χ1n) is 12.2. The van der Waals surface area contributed by atoms with Crippen LogP contribution < -0.4 is 5.56 Å². The lowest BCUT2D eigenvalue weighted by Gasteiger charge is -2.28. The van der Waals surface area contributed by atoms with E-state index in [1.165, 1.54) is 37.7 Å². The first-order chi connectivity index (χ1) is 15.7. The normalized spacial score (nSPS) is 22.1. The maximum Gasteiger partial charge on any atom is 0.254 e. The zero-order valence-electron chi connectivity index (χ0n) is 18.8. The van der Waals surface area contributed by atoms with E-state index in [2.05, 4.69) is 20.9 Å². The van der Waals surface area contributed by atoms with Gasteiger partial charge in [0, 0.05) is 63.0 Å². The van der Waals surface area contributed by atoms with E-state index in [9.17, 15) is 9.59 Å². The summed E-state index contributed by atoms with van der Waals surface area (Å²) in [6.07, 6.45) is 12.2. The molecule has 1 atom stereocenters. The summed E-state index contributed by atoms with van der Waals surface area (Å²) < 4.78 is 0. The van der Waals surface area contributed by atoms with E-state index in [0.717, 1.165) is 49.6 Å². The molecule has 32 heavy (non-hydrogen) atoms. The molecule has 170 valence electrons. The second kappa shape index (κ2) is 9.53. The fourth-order valence-electron chi connectivity index (χ4n) is 5.57. The molecule has 7 nitrogen and oxygen atoms in total. The number of carbonyl (C=O) groups is 1. The minimum absolute atomic E-state index is 0.00184. The predicted octanol–water partition coefficient (Wildman–Crippen LogP) is 3.01. The summed E-state index contributed by atoms with van der Waals surface area (Å²) in [7, 11) is 0. The van der Waals surface area contributed by atoms with Crippen LogP contribution in [0.3, 0.4) is 0 Å². The number of carbonyl (C=O) groups excluding carboxylic acids is 1. The molecule has 2 aromatic rings. The van der Waals surface area contributed by atoms with Gasteiger partial charge in [0.25, 0.3) is 5.56 Å². The Morgan fingerprint density at radius 3 is 2.84 bits per heavy atom. The van der Waals surface area contributed by atoms with Gasteiger partial charge in [0.2, 0.25) is 5.91 Å². The van der Waals surface area contributed by atoms with Gasteiger partial charge in [-0.1, -0.05) is 25.3 Å². The van der Waals surface area contributed by atoms with E-state index in [4.69, 9.17) is 4.98 Å². The first kappa shape index (κ1) is 21.3. The zero-order valence-corrected chi connectivity index (χ0v) is 18.8. The van der Waals surface area contributed by atoms with Gasteiger partial charge in [0.05, 0.1) is 5.69 Å². The van der Waals surface area contributed by atoms with Crippen molar-refractivity contribution in [2.75, 3.05) is 19.6 Å². The van der Waals surface area contributed by atoms with Crippen molar-refractivity contribution in [3.8, 4) is 0 Å².